The lowest BCUT2D eigenvalue weighted by Gasteiger charge is -2.36. The number of pyridine rings is 1. The summed E-state index contributed by atoms with van der Waals surface area (Å²) in [5.74, 6) is -0.719. The van der Waals surface area contributed by atoms with Crippen LogP contribution in [-0.4, -0.2) is 47.8 Å². The second-order valence-electron chi connectivity index (χ2n) is 5.19. The Morgan fingerprint density at radius 1 is 1.47 bits per heavy atom. The zero-order valence-electron chi connectivity index (χ0n) is 11.2. The van der Waals surface area contributed by atoms with Gasteiger partial charge in [0.25, 0.3) is 0 Å². The van der Waals surface area contributed by atoms with Crippen LogP contribution in [0.5, 0.6) is 0 Å². The second-order valence-corrected chi connectivity index (χ2v) is 5.19. The highest BCUT2D eigenvalue weighted by molar-refractivity contribution is 5.75. The molecule has 5 nitrogen and oxygen atoms in total. The number of carbonyl (C=O) groups is 1. The normalized spacial score (nSPS) is 18.4. The van der Waals surface area contributed by atoms with Gasteiger partial charge in [-0.3, -0.25) is 14.7 Å². The molecule has 1 saturated heterocycles. The molecule has 1 N–H and O–H groups in total. The third-order valence-corrected chi connectivity index (χ3v) is 3.63. The smallest absolute Gasteiger partial charge is 0.311 e. The molecule has 5 heteroatoms. The fourth-order valence-electron chi connectivity index (χ4n) is 2.54. The Morgan fingerprint density at radius 2 is 2.21 bits per heavy atom. The van der Waals surface area contributed by atoms with E-state index in [0.29, 0.717) is 39.1 Å². The average molecular weight is 264 g/mol. The molecule has 1 aromatic heterocycles. The number of rotatable bonds is 5. The van der Waals surface area contributed by atoms with Crippen LogP contribution in [0.25, 0.3) is 0 Å². The van der Waals surface area contributed by atoms with E-state index in [1.165, 1.54) is 0 Å². The molecule has 1 aliphatic heterocycles. The summed E-state index contributed by atoms with van der Waals surface area (Å²) in [4.78, 5) is 17.9. The Bertz CT molecular complexity index is 416. The van der Waals surface area contributed by atoms with E-state index in [-0.39, 0.29) is 0 Å². The molecule has 2 heterocycles. The van der Waals surface area contributed by atoms with Crippen LogP contribution in [0.15, 0.2) is 24.4 Å². The first-order valence-corrected chi connectivity index (χ1v) is 6.52. The molecule has 0 bridgehead atoms. The number of aliphatic carboxylic acids is 1. The second kappa shape index (κ2) is 6.12. The van der Waals surface area contributed by atoms with Crippen molar-refractivity contribution in [2.45, 2.75) is 19.4 Å². The van der Waals surface area contributed by atoms with Gasteiger partial charge >= 0.3 is 5.97 Å². The fraction of sp³-hybridized carbons (Fsp3) is 0.571. The van der Waals surface area contributed by atoms with Gasteiger partial charge in [-0.25, -0.2) is 0 Å². The fourth-order valence-corrected chi connectivity index (χ4v) is 2.54. The molecule has 0 amide bonds. The molecule has 104 valence electrons. The molecule has 0 atom stereocenters. The molecular weight excluding hydrogens is 244 g/mol. The maximum Gasteiger partial charge on any atom is 0.311 e. The zero-order chi connectivity index (χ0) is 13.7. The van der Waals surface area contributed by atoms with E-state index in [0.717, 1.165) is 5.69 Å². The molecule has 19 heavy (non-hydrogen) atoms. The summed E-state index contributed by atoms with van der Waals surface area (Å²) in [5, 5.41) is 9.51. The Balaban J connectivity index is 1.99. The molecule has 0 spiro atoms. The summed E-state index contributed by atoms with van der Waals surface area (Å²) in [6.45, 7) is 2.26. The van der Waals surface area contributed by atoms with Crippen molar-refractivity contribution in [3.8, 4) is 0 Å². The Morgan fingerprint density at radius 3 is 2.79 bits per heavy atom. The SMILES string of the molecule is CN(Cc1ccccn1)CC1(C(=O)O)CCOCC1. The third kappa shape index (κ3) is 3.52. The minimum Gasteiger partial charge on any atom is -0.481 e. The van der Waals surface area contributed by atoms with Crippen LogP contribution in [0.1, 0.15) is 18.5 Å². The van der Waals surface area contributed by atoms with Crippen molar-refractivity contribution in [2.24, 2.45) is 5.41 Å². The van der Waals surface area contributed by atoms with Gasteiger partial charge in [-0.05, 0) is 32.0 Å². The van der Waals surface area contributed by atoms with Gasteiger partial charge in [0.1, 0.15) is 0 Å². The summed E-state index contributed by atoms with van der Waals surface area (Å²) in [5.41, 5.74) is 0.277. The van der Waals surface area contributed by atoms with Crippen molar-refractivity contribution in [3.63, 3.8) is 0 Å². The van der Waals surface area contributed by atoms with E-state index in [9.17, 15) is 9.90 Å². The highest BCUT2D eigenvalue weighted by Gasteiger charge is 2.41. The van der Waals surface area contributed by atoms with E-state index in [1.54, 1.807) is 6.20 Å². The van der Waals surface area contributed by atoms with Gasteiger partial charge in [0.05, 0.1) is 11.1 Å². The van der Waals surface area contributed by atoms with Crippen molar-refractivity contribution in [2.75, 3.05) is 26.8 Å². The molecule has 1 fully saturated rings. The van der Waals surface area contributed by atoms with Gasteiger partial charge in [-0.1, -0.05) is 6.07 Å². The number of aromatic nitrogens is 1. The van der Waals surface area contributed by atoms with Crippen molar-refractivity contribution in [1.82, 2.24) is 9.88 Å². The van der Waals surface area contributed by atoms with Crippen molar-refractivity contribution < 1.29 is 14.6 Å². The minimum atomic E-state index is -0.719. The van der Waals surface area contributed by atoms with Crippen molar-refractivity contribution >= 4 is 5.97 Å². The van der Waals surface area contributed by atoms with Gasteiger partial charge in [-0.15, -0.1) is 0 Å². The van der Waals surface area contributed by atoms with E-state index < -0.39 is 11.4 Å². The van der Waals surface area contributed by atoms with Gasteiger partial charge < -0.3 is 9.84 Å². The van der Waals surface area contributed by atoms with E-state index in [2.05, 4.69) is 4.98 Å². The van der Waals surface area contributed by atoms with Crippen LogP contribution in [0, 0.1) is 5.41 Å². The van der Waals surface area contributed by atoms with Gasteiger partial charge in [0, 0.05) is 32.5 Å². The number of hydrogen-bond donors (Lipinski definition) is 1. The van der Waals surface area contributed by atoms with Gasteiger partial charge in [0.2, 0.25) is 0 Å². The quantitative estimate of drug-likeness (QED) is 0.871. The number of ether oxygens (including phenoxy) is 1. The number of hydrogen-bond acceptors (Lipinski definition) is 4. The van der Waals surface area contributed by atoms with Gasteiger partial charge in [0.15, 0.2) is 0 Å². The molecule has 1 aliphatic rings. The van der Waals surface area contributed by atoms with E-state index in [4.69, 9.17) is 4.74 Å². The monoisotopic (exact) mass is 264 g/mol. The summed E-state index contributed by atoms with van der Waals surface area (Å²) in [6.07, 6.45) is 2.91. The average Bonchev–Trinajstić information content (AvgIpc) is 2.40. The van der Waals surface area contributed by atoms with Crippen molar-refractivity contribution in [1.29, 1.82) is 0 Å². The summed E-state index contributed by atoms with van der Waals surface area (Å²) in [6, 6.07) is 5.77. The topological polar surface area (TPSA) is 62.7 Å². The highest BCUT2D eigenvalue weighted by atomic mass is 16.5. The van der Waals surface area contributed by atoms with Crippen LogP contribution in [-0.2, 0) is 16.1 Å². The maximum atomic E-state index is 11.6. The zero-order valence-corrected chi connectivity index (χ0v) is 11.2. The summed E-state index contributed by atoms with van der Waals surface area (Å²) >= 11 is 0. The number of nitrogens with zero attached hydrogens (tertiary/aromatic N) is 2. The van der Waals surface area contributed by atoms with Gasteiger partial charge in [-0.2, -0.15) is 0 Å². The summed E-state index contributed by atoms with van der Waals surface area (Å²) in [7, 11) is 1.94. The van der Waals surface area contributed by atoms with Crippen molar-refractivity contribution in [3.05, 3.63) is 30.1 Å². The predicted molar refractivity (Wildman–Crippen MR) is 70.7 cm³/mol. The van der Waals surface area contributed by atoms with Crippen LogP contribution in [0.3, 0.4) is 0 Å². The summed E-state index contributed by atoms with van der Waals surface area (Å²) < 4.78 is 5.28. The number of carboxylic acid groups (broad SMARTS) is 1. The Hall–Kier alpha value is -1.46. The largest absolute Gasteiger partial charge is 0.481 e. The van der Waals surface area contributed by atoms with Crippen LogP contribution in [0.4, 0.5) is 0 Å². The van der Waals surface area contributed by atoms with Crippen LogP contribution in [0.2, 0.25) is 0 Å². The van der Waals surface area contributed by atoms with Crippen LogP contribution < -0.4 is 0 Å². The standard InChI is InChI=1S/C14H20N2O3/c1-16(10-12-4-2-3-7-15-12)11-14(13(17)18)5-8-19-9-6-14/h2-4,7H,5-6,8-11H2,1H3,(H,17,18). The molecule has 0 aliphatic carbocycles. The molecular formula is C14H20N2O3. The Kier molecular flexibility index (Phi) is 4.50. The predicted octanol–water partition coefficient (Wildman–Crippen LogP) is 1.39. The highest BCUT2D eigenvalue weighted by Crippen LogP contribution is 2.31. The molecule has 1 aromatic rings. The van der Waals surface area contributed by atoms with Crippen LogP contribution >= 0.6 is 0 Å². The molecule has 2 rings (SSSR count). The van der Waals surface area contributed by atoms with E-state index >= 15 is 0 Å². The first-order chi connectivity index (χ1) is 9.12. The molecule has 0 unspecified atom stereocenters. The first-order valence-electron chi connectivity index (χ1n) is 6.52. The number of carboxylic acids is 1. The minimum absolute atomic E-state index is 0.530. The molecule has 0 radical (unpaired) electrons. The lowest BCUT2D eigenvalue weighted by atomic mass is 9.80. The molecule has 0 saturated carbocycles. The Labute approximate surface area is 113 Å². The maximum absolute atomic E-state index is 11.6. The molecule has 0 aromatic carbocycles. The lowest BCUT2D eigenvalue weighted by molar-refractivity contribution is -0.156. The first kappa shape index (κ1) is 14.0. The third-order valence-electron chi connectivity index (χ3n) is 3.63. The lowest BCUT2D eigenvalue weighted by Crippen LogP contribution is -2.45. The van der Waals surface area contributed by atoms with E-state index in [1.807, 2.05) is 30.1 Å².